The summed E-state index contributed by atoms with van der Waals surface area (Å²) in [5, 5.41) is 2.45. The molecule has 0 atom stereocenters. The summed E-state index contributed by atoms with van der Waals surface area (Å²) in [4.78, 5) is 4.01. The van der Waals surface area contributed by atoms with Crippen LogP contribution in [0, 0.1) is 10.8 Å². The third kappa shape index (κ3) is 20.9. The van der Waals surface area contributed by atoms with Crippen molar-refractivity contribution in [1.29, 1.82) is 0 Å². The maximum Gasteiger partial charge on any atom is 0.0346 e. The summed E-state index contributed by atoms with van der Waals surface area (Å²) >= 11 is 0. The third-order valence-electron chi connectivity index (χ3n) is 1.55. The monoisotopic (exact) mass is 303 g/mol. The van der Waals surface area contributed by atoms with Gasteiger partial charge in [0.15, 0.2) is 0 Å². The van der Waals surface area contributed by atoms with Crippen LogP contribution in [0.1, 0.15) is 69.2 Å². The lowest BCUT2D eigenvalue weighted by atomic mass is 10.0. The zero-order valence-electron chi connectivity index (χ0n) is 16.5. The predicted octanol–water partition coefficient (Wildman–Crippen LogP) is 7.37. The van der Waals surface area contributed by atoms with Crippen LogP contribution in [0.15, 0.2) is 42.7 Å². The van der Waals surface area contributed by atoms with Gasteiger partial charge in [0.2, 0.25) is 0 Å². The Morgan fingerprint density at radius 2 is 1.00 bits per heavy atom. The van der Waals surface area contributed by atoms with Crippen molar-refractivity contribution in [1.82, 2.24) is 4.98 Å². The molecule has 0 amide bonds. The molecule has 2 rings (SSSR count). The Bertz CT molecular complexity index is 397. The van der Waals surface area contributed by atoms with Crippen molar-refractivity contribution in [3.05, 3.63) is 42.7 Å². The molecular weight excluding hydrogens is 266 g/mol. The minimum atomic E-state index is 0.500. The van der Waals surface area contributed by atoms with Gasteiger partial charge in [0.25, 0.3) is 0 Å². The van der Waals surface area contributed by atoms with Gasteiger partial charge in [0.05, 0.1) is 0 Å². The van der Waals surface area contributed by atoms with Crippen molar-refractivity contribution in [3.8, 4) is 0 Å². The molecule has 0 fully saturated rings. The number of hydrogen-bond acceptors (Lipinski definition) is 1. The average Bonchev–Trinajstić information content (AvgIpc) is 2.37. The van der Waals surface area contributed by atoms with Crippen LogP contribution in [0.25, 0.3) is 10.8 Å². The molecule has 0 saturated carbocycles. The summed E-state index contributed by atoms with van der Waals surface area (Å²) in [6.07, 6.45) is 3.68. The molecule has 0 radical (unpaired) electrons. The molecule has 0 bridgehead atoms. The molecule has 0 aliphatic heterocycles. The Morgan fingerprint density at radius 3 is 1.36 bits per heavy atom. The zero-order valence-corrected chi connectivity index (χ0v) is 16.5. The molecule has 2 aromatic rings. The van der Waals surface area contributed by atoms with Crippen molar-refractivity contribution in [2.24, 2.45) is 10.8 Å². The summed E-state index contributed by atoms with van der Waals surface area (Å²) in [6, 6.07) is 10.2. The van der Waals surface area contributed by atoms with Gasteiger partial charge in [-0.1, -0.05) is 93.5 Å². The van der Waals surface area contributed by atoms with E-state index >= 15 is 0 Å². The van der Waals surface area contributed by atoms with Gasteiger partial charge in [0.1, 0.15) is 0 Å². The van der Waals surface area contributed by atoms with Crippen molar-refractivity contribution < 1.29 is 0 Å². The molecule has 1 heteroatoms. The first-order valence-corrected chi connectivity index (χ1v) is 8.25. The summed E-state index contributed by atoms with van der Waals surface area (Å²) < 4.78 is 0. The van der Waals surface area contributed by atoms with Crippen molar-refractivity contribution >= 4 is 10.8 Å². The van der Waals surface area contributed by atoms with Gasteiger partial charge >= 0.3 is 0 Å². The Hall–Kier alpha value is -1.37. The van der Waals surface area contributed by atoms with Crippen LogP contribution in [0.2, 0.25) is 0 Å². The van der Waals surface area contributed by atoms with Gasteiger partial charge in [-0.05, 0) is 27.7 Å². The SMILES string of the molecule is CC.CC(C)(C)C.CC(C)(C)C.c1ccc2cnccc2c1. The van der Waals surface area contributed by atoms with Crippen LogP contribution in [-0.2, 0) is 0 Å². The van der Waals surface area contributed by atoms with Crippen LogP contribution >= 0.6 is 0 Å². The second-order valence-corrected chi connectivity index (χ2v) is 8.22. The minimum absolute atomic E-state index is 0.500. The molecule has 0 N–H and O–H groups in total. The highest BCUT2D eigenvalue weighted by atomic mass is 14.6. The molecule has 1 aromatic heterocycles. The molecule has 0 spiro atoms. The molecule has 1 nitrogen and oxygen atoms in total. The fourth-order valence-electron chi connectivity index (χ4n) is 1.03. The van der Waals surface area contributed by atoms with E-state index in [1.165, 1.54) is 10.8 Å². The van der Waals surface area contributed by atoms with Crippen LogP contribution in [0.5, 0.6) is 0 Å². The van der Waals surface area contributed by atoms with E-state index in [-0.39, 0.29) is 0 Å². The number of aromatic nitrogens is 1. The van der Waals surface area contributed by atoms with E-state index in [4.69, 9.17) is 0 Å². The number of nitrogens with zero attached hydrogens (tertiary/aromatic N) is 1. The van der Waals surface area contributed by atoms with Gasteiger partial charge < -0.3 is 0 Å². The van der Waals surface area contributed by atoms with E-state index < -0.39 is 0 Å². The Kier molecular flexibility index (Phi) is 11.7. The quantitative estimate of drug-likeness (QED) is 0.495. The maximum absolute atomic E-state index is 4.01. The lowest BCUT2D eigenvalue weighted by Crippen LogP contribution is -1.93. The number of pyridine rings is 1. The van der Waals surface area contributed by atoms with Gasteiger partial charge in [0, 0.05) is 12.4 Å². The highest BCUT2D eigenvalue weighted by molar-refractivity contribution is 5.80. The molecule has 0 aliphatic carbocycles. The minimum Gasteiger partial charge on any atom is -0.264 e. The molecule has 126 valence electrons. The standard InChI is InChI=1S/C9H7N.2C5H12.C2H6/c1-2-4-9-7-10-6-5-8(9)3-1;2*1-5(2,3)4;1-2/h1-7H;2*1-4H3;1-2H3. The van der Waals surface area contributed by atoms with Crippen molar-refractivity contribution in [2.45, 2.75) is 69.2 Å². The van der Waals surface area contributed by atoms with Crippen LogP contribution < -0.4 is 0 Å². The first kappa shape index (κ1) is 22.9. The fourth-order valence-corrected chi connectivity index (χ4v) is 1.03. The number of rotatable bonds is 0. The van der Waals surface area contributed by atoms with E-state index in [0.29, 0.717) is 10.8 Å². The second-order valence-electron chi connectivity index (χ2n) is 8.22. The Morgan fingerprint density at radius 1 is 0.636 bits per heavy atom. The van der Waals surface area contributed by atoms with E-state index in [1.807, 2.05) is 44.4 Å². The molecule has 1 aromatic carbocycles. The van der Waals surface area contributed by atoms with Crippen molar-refractivity contribution in [2.75, 3.05) is 0 Å². The lowest BCUT2D eigenvalue weighted by Gasteiger charge is -2.05. The molecule has 0 aliphatic rings. The van der Waals surface area contributed by atoms with E-state index in [9.17, 15) is 0 Å². The Labute approximate surface area is 139 Å². The van der Waals surface area contributed by atoms with E-state index in [0.717, 1.165) is 0 Å². The Balaban J connectivity index is 0. The second kappa shape index (κ2) is 11.2. The van der Waals surface area contributed by atoms with Crippen LogP contribution in [0.3, 0.4) is 0 Å². The van der Waals surface area contributed by atoms with Gasteiger partial charge in [-0.15, -0.1) is 0 Å². The van der Waals surface area contributed by atoms with Crippen LogP contribution in [-0.4, -0.2) is 4.98 Å². The normalized spacial score (nSPS) is 10.3. The highest BCUT2D eigenvalue weighted by Crippen LogP contribution is 2.09. The molecule has 0 unspecified atom stereocenters. The summed E-state index contributed by atoms with van der Waals surface area (Å²) in [5.41, 5.74) is 1.00. The van der Waals surface area contributed by atoms with Crippen LogP contribution in [0.4, 0.5) is 0 Å². The smallest absolute Gasteiger partial charge is 0.0346 e. The lowest BCUT2D eigenvalue weighted by molar-refractivity contribution is 0.469. The predicted molar refractivity (Wildman–Crippen MR) is 103 cm³/mol. The first-order chi connectivity index (χ1) is 9.97. The summed E-state index contributed by atoms with van der Waals surface area (Å²) in [7, 11) is 0. The number of hydrogen-bond donors (Lipinski definition) is 0. The van der Waals surface area contributed by atoms with Gasteiger partial charge in [-0.25, -0.2) is 0 Å². The summed E-state index contributed by atoms with van der Waals surface area (Å²) in [6.45, 7) is 21.5. The van der Waals surface area contributed by atoms with Crippen molar-refractivity contribution in [3.63, 3.8) is 0 Å². The number of benzene rings is 1. The first-order valence-electron chi connectivity index (χ1n) is 8.25. The fraction of sp³-hybridized carbons (Fsp3) is 0.571. The largest absolute Gasteiger partial charge is 0.264 e. The highest BCUT2D eigenvalue weighted by Gasteiger charge is 1.96. The molecule has 0 saturated heterocycles. The van der Waals surface area contributed by atoms with E-state index in [2.05, 4.69) is 72.5 Å². The molecule has 22 heavy (non-hydrogen) atoms. The summed E-state index contributed by atoms with van der Waals surface area (Å²) in [5.74, 6) is 0. The topological polar surface area (TPSA) is 12.9 Å². The maximum atomic E-state index is 4.01. The van der Waals surface area contributed by atoms with Gasteiger partial charge in [-0.3, -0.25) is 4.98 Å². The zero-order chi connectivity index (χ0) is 17.8. The molecule has 1 heterocycles. The van der Waals surface area contributed by atoms with Gasteiger partial charge in [-0.2, -0.15) is 0 Å². The molecular formula is C21H37N. The average molecular weight is 304 g/mol. The third-order valence-corrected chi connectivity index (χ3v) is 1.55. The number of fused-ring (bicyclic) bond motifs is 1. The van der Waals surface area contributed by atoms with E-state index in [1.54, 1.807) is 0 Å².